The number of hydrogen-bond acceptors (Lipinski definition) is 7. The number of likely N-dealkylation sites (tertiary alicyclic amines) is 1. The van der Waals surface area contributed by atoms with Crippen molar-refractivity contribution in [1.29, 1.82) is 0 Å². The first-order chi connectivity index (χ1) is 21.2. The quantitative estimate of drug-likeness (QED) is 0.0888. The van der Waals surface area contributed by atoms with Crippen LogP contribution in [0.4, 0.5) is 16.2 Å². The van der Waals surface area contributed by atoms with Crippen molar-refractivity contribution >= 4 is 51.9 Å². The lowest BCUT2D eigenvalue weighted by Crippen LogP contribution is -2.26. The summed E-state index contributed by atoms with van der Waals surface area (Å²) in [4.78, 5) is 57.8. The van der Waals surface area contributed by atoms with Crippen LogP contribution < -0.4 is 5.32 Å². The summed E-state index contributed by atoms with van der Waals surface area (Å²) in [5.74, 6) is -0.493. The minimum absolute atomic E-state index is 0.124. The highest BCUT2D eigenvalue weighted by molar-refractivity contribution is 6.22. The molecule has 3 aromatic carbocycles. The van der Waals surface area contributed by atoms with Gasteiger partial charge in [-0.1, -0.05) is 36.4 Å². The summed E-state index contributed by atoms with van der Waals surface area (Å²) in [7, 11) is 1.51. The number of aromatic amines is 1. The normalized spacial score (nSPS) is 16.4. The Morgan fingerprint density at radius 3 is 2.45 bits per heavy atom. The number of aromatic nitrogens is 1. The van der Waals surface area contributed by atoms with Crippen molar-refractivity contribution < 1.29 is 24.4 Å². The number of H-pyrrole nitrogens is 1. The van der Waals surface area contributed by atoms with Gasteiger partial charge in [0.2, 0.25) is 5.91 Å². The van der Waals surface area contributed by atoms with Gasteiger partial charge in [-0.15, -0.1) is 0 Å². The lowest BCUT2D eigenvalue weighted by molar-refractivity contribution is -0.384. The van der Waals surface area contributed by atoms with Gasteiger partial charge in [-0.05, 0) is 48.2 Å². The number of imide groups is 1. The largest absolute Gasteiger partial charge is 0.494 e. The molecule has 0 saturated carbocycles. The molecule has 12 nitrogen and oxygen atoms in total. The number of rotatable bonds is 8. The summed E-state index contributed by atoms with van der Waals surface area (Å²) in [6, 6.07) is 18.4. The van der Waals surface area contributed by atoms with E-state index in [-0.39, 0.29) is 23.2 Å². The topological polar surface area (TPSA) is 161 Å². The number of fused-ring (bicyclic) bond motifs is 1. The zero-order valence-corrected chi connectivity index (χ0v) is 23.7. The van der Waals surface area contributed by atoms with Crippen molar-refractivity contribution in [2.24, 2.45) is 4.99 Å². The molecule has 0 bridgehead atoms. The second-order valence-corrected chi connectivity index (χ2v) is 10.7. The maximum atomic E-state index is 12.1. The number of aliphatic imine (C=N–C) groups is 1. The molecule has 6 rings (SSSR count). The second-order valence-electron chi connectivity index (χ2n) is 10.7. The van der Waals surface area contributed by atoms with E-state index < -0.39 is 16.9 Å². The minimum atomic E-state index is -0.499. The van der Waals surface area contributed by atoms with Gasteiger partial charge in [-0.3, -0.25) is 29.9 Å². The Bertz CT molecular complexity index is 1870. The number of urea groups is 1. The molecule has 2 fully saturated rings. The highest BCUT2D eigenvalue weighted by Gasteiger charge is 2.29. The number of carbonyl (C=O) groups is 3. The van der Waals surface area contributed by atoms with Crippen LogP contribution in [0, 0.1) is 10.1 Å². The first-order valence-electron chi connectivity index (χ1n) is 14.0. The summed E-state index contributed by atoms with van der Waals surface area (Å²) < 4.78 is 0. The van der Waals surface area contributed by atoms with E-state index in [4.69, 9.17) is 4.99 Å². The molecule has 2 saturated heterocycles. The van der Waals surface area contributed by atoms with Crippen LogP contribution >= 0.6 is 0 Å². The molecule has 44 heavy (non-hydrogen) atoms. The summed E-state index contributed by atoms with van der Waals surface area (Å²) in [6.45, 7) is 1.41. The van der Waals surface area contributed by atoms with Crippen molar-refractivity contribution in [1.82, 2.24) is 20.1 Å². The number of aromatic hydroxyl groups is 1. The Kier molecular flexibility index (Phi) is 7.39. The molecule has 2 aliphatic rings. The van der Waals surface area contributed by atoms with Crippen LogP contribution in [0.1, 0.15) is 35.1 Å². The third-order valence-electron chi connectivity index (χ3n) is 7.84. The molecule has 1 aromatic heterocycles. The summed E-state index contributed by atoms with van der Waals surface area (Å²) >= 11 is 0. The first kappa shape index (κ1) is 28.3. The number of amides is 4. The Balaban J connectivity index is 1.38. The molecule has 2 aliphatic heterocycles. The van der Waals surface area contributed by atoms with Gasteiger partial charge in [0.1, 0.15) is 5.70 Å². The Hall–Kier alpha value is -5.78. The molecule has 0 radical (unpaired) electrons. The van der Waals surface area contributed by atoms with E-state index in [1.54, 1.807) is 36.4 Å². The summed E-state index contributed by atoms with van der Waals surface area (Å²) in [5.41, 5.74) is 4.20. The van der Waals surface area contributed by atoms with Crippen molar-refractivity contribution in [2.75, 3.05) is 20.1 Å². The number of nitrogens with zero attached hydrogens (tertiary/aromatic N) is 4. The number of nitro benzene ring substituents is 1. The molecule has 222 valence electrons. The monoisotopic (exact) mass is 592 g/mol. The average molecular weight is 593 g/mol. The average Bonchev–Trinajstić information content (AvgIpc) is 3.65. The second kappa shape index (κ2) is 11.5. The molecular formula is C32H28N6O6. The summed E-state index contributed by atoms with van der Waals surface area (Å²) in [6.07, 6.45) is 3.76. The van der Waals surface area contributed by atoms with E-state index in [9.17, 15) is 29.6 Å². The molecule has 0 atom stereocenters. The number of likely N-dealkylation sites (N-methyl/N-ethyl adjacent to an activating group) is 1. The van der Waals surface area contributed by atoms with Crippen LogP contribution in [-0.2, 0) is 16.0 Å². The number of carbonyl (C=O) groups excluding carboxylic acids is 3. The van der Waals surface area contributed by atoms with Crippen LogP contribution in [0.5, 0.6) is 5.88 Å². The molecule has 3 N–H and O–H groups in total. The number of nitro groups is 1. The van der Waals surface area contributed by atoms with E-state index in [1.165, 1.54) is 24.1 Å². The van der Waals surface area contributed by atoms with Gasteiger partial charge in [-0.2, -0.15) is 0 Å². The molecule has 4 amide bonds. The zero-order valence-electron chi connectivity index (χ0n) is 23.7. The Labute approximate surface area is 251 Å². The van der Waals surface area contributed by atoms with Crippen LogP contribution in [0.2, 0.25) is 0 Å². The number of nitrogens with one attached hydrogen (secondary N) is 2. The van der Waals surface area contributed by atoms with Gasteiger partial charge in [0.15, 0.2) is 5.88 Å². The lowest BCUT2D eigenvalue weighted by atomic mass is 9.98. The van der Waals surface area contributed by atoms with E-state index >= 15 is 0 Å². The molecule has 0 aliphatic carbocycles. The van der Waals surface area contributed by atoms with Crippen LogP contribution in [-0.4, -0.2) is 68.5 Å². The molecule has 4 aromatic rings. The van der Waals surface area contributed by atoms with Gasteiger partial charge < -0.3 is 15.0 Å². The van der Waals surface area contributed by atoms with Crippen molar-refractivity contribution in [3.8, 4) is 5.88 Å². The SMILES string of the molecule is CN1C(=O)NC(=O)/C1=C/c1ccc(N=C(c2ccc(CCN3CCCC3=O)cc2)c2c(O)[nH]c3ccc([N+](=O)[O-])cc23)cc1. The Morgan fingerprint density at radius 1 is 1.07 bits per heavy atom. The van der Waals surface area contributed by atoms with Gasteiger partial charge >= 0.3 is 6.03 Å². The first-order valence-corrected chi connectivity index (χ1v) is 14.0. The van der Waals surface area contributed by atoms with E-state index in [0.29, 0.717) is 58.4 Å². The molecule has 3 heterocycles. The molecule has 0 unspecified atom stereocenters. The van der Waals surface area contributed by atoms with E-state index in [0.717, 1.165) is 18.5 Å². The molecule has 12 heteroatoms. The maximum Gasteiger partial charge on any atom is 0.328 e. The Morgan fingerprint density at radius 2 is 1.82 bits per heavy atom. The molecular weight excluding hydrogens is 564 g/mol. The maximum absolute atomic E-state index is 12.1. The van der Waals surface area contributed by atoms with Crippen LogP contribution in [0.3, 0.4) is 0 Å². The van der Waals surface area contributed by atoms with Crippen molar-refractivity contribution in [3.05, 3.63) is 105 Å². The van der Waals surface area contributed by atoms with E-state index in [1.807, 2.05) is 29.2 Å². The third-order valence-corrected chi connectivity index (χ3v) is 7.84. The van der Waals surface area contributed by atoms with Crippen molar-refractivity contribution in [2.45, 2.75) is 19.3 Å². The van der Waals surface area contributed by atoms with Crippen LogP contribution in [0.25, 0.3) is 17.0 Å². The zero-order chi connectivity index (χ0) is 31.0. The molecule has 0 spiro atoms. The third kappa shape index (κ3) is 5.52. The lowest BCUT2D eigenvalue weighted by Gasteiger charge is -2.15. The number of benzene rings is 3. The van der Waals surface area contributed by atoms with Gasteiger partial charge in [-0.25, -0.2) is 9.79 Å². The van der Waals surface area contributed by atoms with Crippen molar-refractivity contribution in [3.63, 3.8) is 0 Å². The highest BCUT2D eigenvalue weighted by atomic mass is 16.6. The fourth-order valence-electron chi connectivity index (χ4n) is 5.42. The standard InChI is InChI=1S/C32H28N6O6/c1-36-26(30(40)35-32(36)42)17-20-6-10-22(11-7-20)33-29(28-24-18-23(38(43)44)12-13-25(24)34-31(28)41)21-8-4-19(5-9-21)14-16-37-15-2-3-27(37)39/h4-13,17-18,34,41H,2-3,14-16H2,1H3,(H,35,40,42)/b26-17-,33-29?. The van der Waals surface area contributed by atoms with Crippen LogP contribution in [0.15, 0.2) is 77.4 Å². The van der Waals surface area contributed by atoms with Gasteiger partial charge in [0.25, 0.3) is 11.6 Å². The predicted octanol–water partition coefficient (Wildman–Crippen LogP) is 4.64. The fourth-order valence-corrected chi connectivity index (χ4v) is 5.42. The van der Waals surface area contributed by atoms with Gasteiger partial charge in [0.05, 0.1) is 21.9 Å². The minimum Gasteiger partial charge on any atom is -0.494 e. The van der Waals surface area contributed by atoms with Gasteiger partial charge in [0, 0.05) is 55.2 Å². The summed E-state index contributed by atoms with van der Waals surface area (Å²) in [5, 5.41) is 25.2. The number of non-ortho nitro benzene ring substituents is 1. The van der Waals surface area contributed by atoms with E-state index in [2.05, 4.69) is 10.3 Å². The number of hydrogen-bond donors (Lipinski definition) is 3. The fraction of sp³-hybridized carbons (Fsp3) is 0.188. The predicted molar refractivity (Wildman–Crippen MR) is 164 cm³/mol. The smallest absolute Gasteiger partial charge is 0.328 e. The highest BCUT2D eigenvalue weighted by Crippen LogP contribution is 2.34.